The SMILES string of the molecule is Nc1nc(-c2ccoc2)ncc1C(=O)N1CCCCC1c1ccco1. The number of nitrogens with two attached hydrogens (primary N) is 1. The van der Waals surface area contributed by atoms with Crippen molar-refractivity contribution in [2.24, 2.45) is 0 Å². The van der Waals surface area contributed by atoms with Gasteiger partial charge in [0.1, 0.15) is 23.4 Å². The van der Waals surface area contributed by atoms with Gasteiger partial charge in [-0.2, -0.15) is 0 Å². The van der Waals surface area contributed by atoms with E-state index in [0.717, 1.165) is 30.6 Å². The molecule has 1 unspecified atom stereocenters. The van der Waals surface area contributed by atoms with Gasteiger partial charge < -0.3 is 19.5 Å². The van der Waals surface area contributed by atoms with E-state index in [4.69, 9.17) is 14.6 Å². The number of nitrogen functional groups attached to an aromatic ring is 1. The third-order valence-electron chi connectivity index (χ3n) is 4.46. The summed E-state index contributed by atoms with van der Waals surface area (Å²) >= 11 is 0. The molecule has 1 fully saturated rings. The second-order valence-electron chi connectivity index (χ2n) is 6.03. The molecule has 128 valence electrons. The second-order valence-corrected chi connectivity index (χ2v) is 6.03. The molecule has 1 atom stereocenters. The lowest BCUT2D eigenvalue weighted by atomic mass is 9.99. The minimum Gasteiger partial charge on any atom is -0.472 e. The molecule has 4 rings (SSSR count). The van der Waals surface area contributed by atoms with Crippen molar-refractivity contribution in [3.05, 3.63) is 54.5 Å². The number of carbonyl (C=O) groups is 1. The molecule has 0 aromatic carbocycles. The van der Waals surface area contributed by atoms with Gasteiger partial charge in [0.2, 0.25) is 0 Å². The summed E-state index contributed by atoms with van der Waals surface area (Å²) < 4.78 is 10.6. The topological polar surface area (TPSA) is 98.4 Å². The summed E-state index contributed by atoms with van der Waals surface area (Å²) in [5.41, 5.74) is 7.08. The molecular weight excluding hydrogens is 320 g/mol. The Balaban J connectivity index is 1.63. The quantitative estimate of drug-likeness (QED) is 0.787. The van der Waals surface area contributed by atoms with Gasteiger partial charge in [0, 0.05) is 12.7 Å². The van der Waals surface area contributed by atoms with E-state index in [1.54, 1.807) is 17.2 Å². The number of rotatable bonds is 3. The Morgan fingerprint density at radius 2 is 2.20 bits per heavy atom. The number of piperidine rings is 1. The van der Waals surface area contributed by atoms with Crippen molar-refractivity contribution >= 4 is 11.7 Å². The van der Waals surface area contributed by atoms with E-state index in [1.807, 2.05) is 12.1 Å². The fraction of sp³-hybridized carbons (Fsp3) is 0.278. The van der Waals surface area contributed by atoms with Crippen molar-refractivity contribution in [2.45, 2.75) is 25.3 Å². The van der Waals surface area contributed by atoms with Gasteiger partial charge >= 0.3 is 0 Å². The highest BCUT2D eigenvalue weighted by Crippen LogP contribution is 2.33. The molecule has 1 aliphatic rings. The van der Waals surface area contributed by atoms with Crippen LogP contribution in [-0.2, 0) is 0 Å². The van der Waals surface area contributed by atoms with E-state index in [0.29, 0.717) is 17.9 Å². The van der Waals surface area contributed by atoms with Gasteiger partial charge in [-0.3, -0.25) is 4.79 Å². The lowest BCUT2D eigenvalue weighted by molar-refractivity contribution is 0.0581. The summed E-state index contributed by atoms with van der Waals surface area (Å²) in [6.07, 6.45) is 9.07. The average molecular weight is 338 g/mol. The van der Waals surface area contributed by atoms with Crippen molar-refractivity contribution in [1.29, 1.82) is 0 Å². The highest BCUT2D eigenvalue weighted by molar-refractivity contribution is 5.98. The number of anilines is 1. The minimum atomic E-state index is -0.169. The molecule has 0 spiro atoms. The molecule has 0 bridgehead atoms. The second kappa shape index (κ2) is 6.43. The third kappa shape index (κ3) is 2.88. The van der Waals surface area contributed by atoms with Crippen LogP contribution in [0.3, 0.4) is 0 Å². The monoisotopic (exact) mass is 338 g/mol. The summed E-state index contributed by atoms with van der Waals surface area (Å²) in [4.78, 5) is 23.3. The van der Waals surface area contributed by atoms with Crippen molar-refractivity contribution in [3.63, 3.8) is 0 Å². The molecule has 1 saturated heterocycles. The summed E-state index contributed by atoms with van der Waals surface area (Å²) in [5, 5.41) is 0. The van der Waals surface area contributed by atoms with Crippen molar-refractivity contribution in [2.75, 3.05) is 12.3 Å². The molecule has 7 heteroatoms. The molecule has 3 aromatic heterocycles. The highest BCUT2D eigenvalue weighted by atomic mass is 16.3. The number of nitrogens with zero attached hydrogens (tertiary/aromatic N) is 3. The smallest absolute Gasteiger partial charge is 0.259 e. The van der Waals surface area contributed by atoms with Gasteiger partial charge in [-0.25, -0.2) is 9.97 Å². The number of carbonyl (C=O) groups excluding carboxylic acids is 1. The Bertz CT molecular complexity index is 859. The maximum Gasteiger partial charge on any atom is 0.259 e. The largest absolute Gasteiger partial charge is 0.472 e. The van der Waals surface area contributed by atoms with Crippen LogP contribution in [0, 0.1) is 0 Å². The molecule has 4 heterocycles. The van der Waals surface area contributed by atoms with E-state index < -0.39 is 0 Å². The average Bonchev–Trinajstić information content (AvgIpc) is 3.35. The van der Waals surface area contributed by atoms with E-state index >= 15 is 0 Å². The van der Waals surface area contributed by atoms with Crippen LogP contribution in [-0.4, -0.2) is 27.3 Å². The predicted molar refractivity (Wildman–Crippen MR) is 90.5 cm³/mol. The van der Waals surface area contributed by atoms with E-state index in [1.165, 1.54) is 18.7 Å². The van der Waals surface area contributed by atoms with Gasteiger partial charge in [0.05, 0.1) is 24.1 Å². The Morgan fingerprint density at radius 1 is 1.28 bits per heavy atom. The molecule has 25 heavy (non-hydrogen) atoms. The standard InChI is InChI=1S/C18H18N4O3/c19-16-13(10-20-17(21-16)12-6-9-24-11-12)18(23)22-7-2-1-4-14(22)15-5-3-8-25-15/h3,5-6,8-11,14H,1-2,4,7H2,(H2,19,20,21). The zero-order valence-electron chi connectivity index (χ0n) is 13.6. The van der Waals surface area contributed by atoms with Crippen LogP contribution >= 0.6 is 0 Å². The van der Waals surface area contributed by atoms with Gasteiger partial charge in [0.25, 0.3) is 5.91 Å². The lowest BCUT2D eigenvalue weighted by Crippen LogP contribution is -2.38. The molecule has 1 amide bonds. The molecule has 0 radical (unpaired) electrons. The maximum atomic E-state index is 13.0. The van der Waals surface area contributed by atoms with Crippen molar-refractivity contribution in [3.8, 4) is 11.4 Å². The Hall–Kier alpha value is -3.09. The first-order chi connectivity index (χ1) is 12.2. The molecule has 3 aromatic rings. The van der Waals surface area contributed by atoms with Crippen LogP contribution in [0.2, 0.25) is 0 Å². The number of amides is 1. The number of aromatic nitrogens is 2. The molecule has 0 saturated carbocycles. The molecule has 7 nitrogen and oxygen atoms in total. The Morgan fingerprint density at radius 3 is 2.92 bits per heavy atom. The van der Waals surface area contributed by atoms with Crippen LogP contribution in [0.4, 0.5) is 5.82 Å². The van der Waals surface area contributed by atoms with Gasteiger partial charge in [-0.1, -0.05) is 0 Å². The minimum absolute atomic E-state index is 0.0794. The Labute approximate surface area is 144 Å². The fourth-order valence-electron chi connectivity index (χ4n) is 3.20. The fourth-order valence-corrected chi connectivity index (χ4v) is 3.20. The zero-order chi connectivity index (χ0) is 17.2. The number of hydrogen-bond donors (Lipinski definition) is 1. The van der Waals surface area contributed by atoms with Crippen LogP contribution in [0.25, 0.3) is 11.4 Å². The zero-order valence-corrected chi connectivity index (χ0v) is 13.6. The van der Waals surface area contributed by atoms with Crippen molar-refractivity contribution in [1.82, 2.24) is 14.9 Å². The Kier molecular flexibility index (Phi) is 3.97. The summed E-state index contributed by atoms with van der Waals surface area (Å²) in [7, 11) is 0. The van der Waals surface area contributed by atoms with Crippen molar-refractivity contribution < 1.29 is 13.6 Å². The summed E-state index contributed by atoms with van der Waals surface area (Å²) in [6.45, 7) is 0.660. The van der Waals surface area contributed by atoms with Crippen LogP contribution in [0.15, 0.2) is 52.0 Å². The van der Waals surface area contributed by atoms with Gasteiger partial charge in [-0.15, -0.1) is 0 Å². The van der Waals surface area contributed by atoms with Crippen LogP contribution < -0.4 is 5.73 Å². The summed E-state index contributed by atoms with van der Waals surface area (Å²) in [5.74, 6) is 1.23. The van der Waals surface area contributed by atoms with E-state index in [2.05, 4.69) is 9.97 Å². The number of likely N-dealkylation sites (tertiary alicyclic amines) is 1. The maximum absolute atomic E-state index is 13.0. The molecule has 0 aliphatic carbocycles. The normalized spacial score (nSPS) is 17.6. The van der Waals surface area contributed by atoms with E-state index in [-0.39, 0.29) is 17.8 Å². The van der Waals surface area contributed by atoms with Gasteiger partial charge in [-0.05, 0) is 37.5 Å². The highest BCUT2D eigenvalue weighted by Gasteiger charge is 2.31. The first-order valence-corrected chi connectivity index (χ1v) is 8.23. The molecule has 1 aliphatic heterocycles. The number of hydrogen-bond acceptors (Lipinski definition) is 6. The predicted octanol–water partition coefficient (Wildman–Crippen LogP) is 3.28. The van der Waals surface area contributed by atoms with Gasteiger partial charge in [0.15, 0.2) is 5.82 Å². The number of furan rings is 2. The third-order valence-corrected chi connectivity index (χ3v) is 4.46. The molecule has 2 N–H and O–H groups in total. The van der Waals surface area contributed by atoms with Crippen LogP contribution in [0.5, 0.6) is 0 Å². The first-order valence-electron chi connectivity index (χ1n) is 8.23. The summed E-state index contributed by atoms with van der Waals surface area (Å²) in [6, 6.07) is 5.40. The lowest BCUT2D eigenvalue weighted by Gasteiger charge is -2.34. The van der Waals surface area contributed by atoms with E-state index in [9.17, 15) is 4.79 Å². The molecular formula is C18H18N4O3. The van der Waals surface area contributed by atoms with Crippen LogP contribution in [0.1, 0.15) is 41.4 Å². The first kappa shape index (κ1) is 15.4.